The Hall–Kier alpha value is -2.32. The van der Waals surface area contributed by atoms with E-state index in [0.29, 0.717) is 0 Å². The van der Waals surface area contributed by atoms with E-state index in [4.69, 9.17) is 14.2 Å². The van der Waals surface area contributed by atoms with Crippen molar-refractivity contribution in [2.75, 3.05) is 26.2 Å². The van der Waals surface area contributed by atoms with Gasteiger partial charge in [0.2, 0.25) is 0 Å². The van der Waals surface area contributed by atoms with Crippen LogP contribution < -0.4 is 0 Å². The van der Waals surface area contributed by atoms with Gasteiger partial charge >= 0.3 is 18.2 Å². The minimum Gasteiger partial charge on any atom is -0.466 e. The molecule has 0 spiro atoms. The van der Waals surface area contributed by atoms with Crippen molar-refractivity contribution in [3.05, 3.63) is 0 Å². The van der Waals surface area contributed by atoms with Crippen LogP contribution in [-0.2, 0) is 23.8 Å². The third kappa shape index (κ3) is 7.74. The van der Waals surface area contributed by atoms with E-state index in [0.717, 1.165) is 0 Å². The number of ketones is 1. The van der Waals surface area contributed by atoms with Crippen LogP contribution in [-0.4, -0.2) is 77.2 Å². The standard InChI is InChI=1S/C19H32N2O7/c1-8-26-15(23)11-14(22)13-12-20(16(24)27-18(2,3)4)9-10-21(13)17(25)28-19(5,6)7/h13H,8-12H2,1-7H3. The summed E-state index contributed by atoms with van der Waals surface area (Å²) < 4.78 is 15.5. The van der Waals surface area contributed by atoms with Crippen LogP contribution in [0.15, 0.2) is 0 Å². The van der Waals surface area contributed by atoms with Crippen LogP contribution in [0.4, 0.5) is 9.59 Å². The highest BCUT2D eigenvalue weighted by Crippen LogP contribution is 2.19. The summed E-state index contributed by atoms with van der Waals surface area (Å²) in [6, 6.07) is -1.01. The van der Waals surface area contributed by atoms with Crippen molar-refractivity contribution in [2.45, 2.75) is 72.1 Å². The Labute approximate surface area is 166 Å². The maximum absolute atomic E-state index is 12.7. The summed E-state index contributed by atoms with van der Waals surface area (Å²) in [6.45, 7) is 12.4. The summed E-state index contributed by atoms with van der Waals surface area (Å²) in [5, 5.41) is 0. The Morgan fingerprint density at radius 3 is 1.93 bits per heavy atom. The molecular weight excluding hydrogens is 368 g/mol. The van der Waals surface area contributed by atoms with E-state index in [1.54, 1.807) is 48.5 Å². The first-order valence-electron chi connectivity index (χ1n) is 9.39. The Bertz CT molecular complexity index is 604. The number of rotatable bonds is 4. The number of hydrogen-bond donors (Lipinski definition) is 0. The molecule has 0 N–H and O–H groups in total. The van der Waals surface area contributed by atoms with Crippen LogP contribution in [0.5, 0.6) is 0 Å². The molecule has 2 amide bonds. The zero-order valence-electron chi connectivity index (χ0n) is 17.9. The fourth-order valence-corrected chi connectivity index (χ4v) is 2.56. The molecule has 0 aromatic rings. The van der Waals surface area contributed by atoms with E-state index in [2.05, 4.69) is 0 Å². The second-order valence-electron chi connectivity index (χ2n) is 8.56. The third-order valence-electron chi connectivity index (χ3n) is 3.66. The first kappa shape index (κ1) is 23.7. The van der Waals surface area contributed by atoms with Crippen molar-refractivity contribution >= 4 is 23.9 Å². The number of amides is 2. The number of carbonyl (C=O) groups is 4. The molecule has 0 saturated carbocycles. The highest BCUT2D eigenvalue weighted by Gasteiger charge is 2.40. The topological polar surface area (TPSA) is 102 Å². The smallest absolute Gasteiger partial charge is 0.411 e. The SMILES string of the molecule is CCOC(=O)CC(=O)C1CN(C(=O)OC(C)(C)C)CCN1C(=O)OC(C)(C)C. The molecular formula is C19H32N2O7. The van der Waals surface area contributed by atoms with Crippen LogP contribution in [0, 0.1) is 0 Å². The van der Waals surface area contributed by atoms with Gasteiger partial charge in [0.25, 0.3) is 0 Å². The van der Waals surface area contributed by atoms with Crippen molar-refractivity contribution in [1.29, 1.82) is 0 Å². The second kappa shape index (κ2) is 9.25. The molecule has 0 aliphatic carbocycles. The number of nitrogens with zero attached hydrogens (tertiary/aromatic N) is 2. The van der Waals surface area contributed by atoms with Gasteiger partial charge in [-0.25, -0.2) is 9.59 Å². The molecule has 1 unspecified atom stereocenters. The van der Waals surface area contributed by atoms with Gasteiger partial charge < -0.3 is 19.1 Å². The summed E-state index contributed by atoms with van der Waals surface area (Å²) in [4.78, 5) is 52.0. The minimum absolute atomic E-state index is 0.0770. The quantitative estimate of drug-likeness (QED) is 0.405. The molecule has 1 aliphatic rings. The summed E-state index contributed by atoms with van der Waals surface area (Å²) in [5.74, 6) is -1.19. The first-order valence-corrected chi connectivity index (χ1v) is 9.39. The maximum Gasteiger partial charge on any atom is 0.411 e. The van der Waals surface area contributed by atoms with Gasteiger partial charge in [-0.2, -0.15) is 0 Å². The third-order valence-corrected chi connectivity index (χ3v) is 3.66. The van der Waals surface area contributed by atoms with Gasteiger partial charge in [0.05, 0.1) is 13.2 Å². The van der Waals surface area contributed by atoms with E-state index >= 15 is 0 Å². The average Bonchev–Trinajstić information content (AvgIpc) is 2.51. The van der Waals surface area contributed by atoms with Gasteiger partial charge in [-0.05, 0) is 48.5 Å². The Kier molecular flexibility index (Phi) is 7.84. The largest absolute Gasteiger partial charge is 0.466 e. The van der Waals surface area contributed by atoms with Crippen molar-refractivity contribution in [2.24, 2.45) is 0 Å². The number of piperazine rings is 1. The average molecular weight is 400 g/mol. The summed E-state index contributed by atoms with van der Waals surface area (Å²) in [7, 11) is 0. The summed E-state index contributed by atoms with van der Waals surface area (Å²) in [5.41, 5.74) is -1.43. The number of esters is 1. The highest BCUT2D eigenvalue weighted by molar-refractivity contribution is 6.00. The van der Waals surface area contributed by atoms with Gasteiger partial charge in [-0.3, -0.25) is 14.5 Å². The summed E-state index contributed by atoms with van der Waals surface area (Å²) >= 11 is 0. The molecule has 1 heterocycles. The van der Waals surface area contributed by atoms with Crippen LogP contribution in [0.3, 0.4) is 0 Å². The Morgan fingerprint density at radius 1 is 0.893 bits per heavy atom. The molecule has 0 bridgehead atoms. The predicted octanol–water partition coefficient (Wildman–Crippen LogP) is 2.37. The van der Waals surface area contributed by atoms with E-state index in [1.165, 1.54) is 9.80 Å². The van der Waals surface area contributed by atoms with Crippen molar-refractivity contribution in [1.82, 2.24) is 9.80 Å². The first-order chi connectivity index (χ1) is 12.7. The van der Waals surface area contributed by atoms with Crippen LogP contribution >= 0.6 is 0 Å². The number of Topliss-reactive ketones (excluding diaryl/α,β-unsaturated/α-hetero) is 1. The van der Waals surface area contributed by atoms with Crippen LogP contribution in [0.25, 0.3) is 0 Å². The lowest BCUT2D eigenvalue weighted by molar-refractivity contribution is -0.147. The van der Waals surface area contributed by atoms with Crippen molar-refractivity contribution < 1.29 is 33.4 Å². The number of carbonyl (C=O) groups excluding carboxylic acids is 4. The van der Waals surface area contributed by atoms with Crippen LogP contribution in [0.1, 0.15) is 54.9 Å². The van der Waals surface area contributed by atoms with E-state index < -0.39 is 47.6 Å². The second-order valence-corrected chi connectivity index (χ2v) is 8.56. The molecule has 0 aromatic carbocycles. The van der Waals surface area contributed by atoms with Crippen LogP contribution in [0.2, 0.25) is 0 Å². The number of hydrogen-bond acceptors (Lipinski definition) is 7. The van der Waals surface area contributed by atoms with Crippen molar-refractivity contribution in [3.63, 3.8) is 0 Å². The molecule has 1 aliphatic heterocycles. The highest BCUT2D eigenvalue weighted by atomic mass is 16.6. The summed E-state index contributed by atoms with van der Waals surface area (Å²) in [6.07, 6.45) is -1.73. The molecule has 0 aromatic heterocycles. The van der Waals surface area contributed by atoms with E-state index in [1.807, 2.05) is 0 Å². The maximum atomic E-state index is 12.7. The lowest BCUT2D eigenvalue weighted by atomic mass is 10.1. The lowest BCUT2D eigenvalue weighted by Crippen LogP contribution is -2.60. The number of ether oxygens (including phenoxy) is 3. The lowest BCUT2D eigenvalue weighted by Gasteiger charge is -2.41. The molecule has 9 heteroatoms. The monoisotopic (exact) mass is 400 g/mol. The zero-order valence-corrected chi connectivity index (χ0v) is 17.9. The van der Waals surface area contributed by atoms with Gasteiger partial charge in [0.15, 0.2) is 5.78 Å². The minimum atomic E-state index is -1.01. The zero-order chi connectivity index (χ0) is 21.7. The fraction of sp³-hybridized carbons (Fsp3) is 0.789. The van der Waals surface area contributed by atoms with Gasteiger partial charge in [0, 0.05) is 13.1 Å². The molecule has 1 atom stereocenters. The molecule has 28 heavy (non-hydrogen) atoms. The van der Waals surface area contributed by atoms with Gasteiger partial charge in [-0.1, -0.05) is 0 Å². The molecule has 1 rings (SSSR count). The van der Waals surface area contributed by atoms with E-state index in [-0.39, 0.29) is 26.2 Å². The van der Waals surface area contributed by atoms with Gasteiger partial charge in [-0.15, -0.1) is 0 Å². The van der Waals surface area contributed by atoms with Gasteiger partial charge in [0.1, 0.15) is 23.7 Å². The molecule has 0 radical (unpaired) electrons. The van der Waals surface area contributed by atoms with Crippen molar-refractivity contribution in [3.8, 4) is 0 Å². The molecule has 160 valence electrons. The Balaban J connectivity index is 2.98. The predicted molar refractivity (Wildman–Crippen MR) is 101 cm³/mol. The Morgan fingerprint density at radius 2 is 1.43 bits per heavy atom. The molecule has 1 saturated heterocycles. The normalized spacial score (nSPS) is 17.8. The molecule has 1 fully saturated rings. The fourth-order valence-electron chi connectivity index (χ4n) is 2.56. The molecule has 9 nitrogen and oxygen atoms in total. The van der Waals surface area contributed by atoms with E-state index in [9.17, 15) is 19.2 Å².